The molecule has 0 saturated heterocycles. The Labute approximate surface area is 111 Å². The van der Waals surface area contributed by atoms with Crippen LogP contribution in [0.1, 0.15) is 32.9 Å². The highest BCUT2D eigenvalue weighted by molar-refractivity contribution is 6.74. The van der Waals surface area contributed by atoms with Gasteiger partial charge < -0.3 is 9.41 Å². The van der Waals surface area contributed by atoms with Crippen LogP contribution in [0.5, 0.6) is 0 Å². The first kappa shape index (κ1) is 15.2. The quantitative estimate of drug-likeness (QED) is 0.657. The predicted octanol–water partition coefficient (Wildman–Crippen LogP) is 3.33. The van der Waals surface area contributed by atoms with Crippen molar-refractivity contribution in [1.29, 1.82) is 0 Å². The first-order valence-corrected chi connectivity index (χ1v) is 9.45. The normalized spacial score (nSPS) is 12.7. The molecule has 0 spiro atoms. The van der Waals surface area contributed by atoms with E-state index in [2.05, 4.69) is 38.8 Å². The molecule has 0 radical (unpaired) electrons. The van der Waals surface area contributed by atoms with Gasteiger partial charge in [-0.05, 0) is 37.0 Å². The molecule has 4 heteroatoms. The van der Waals surface area contributed by atoms with Crippen molar-refractivity contribution in [1.82, 2.24) is 4.98 Å². The molecular weight excluding hydrogens is 242 g/mol. The number of pyridine rings is 1. The third-order valence-electron chi connectivity index (χ3n) is 3.69. The fourth-order valence-electron chi connectivity index (χ4n) is 1.45. The molecule has 0 bridgehead atoms. The second-order valence-corrected chi connectivity index (χ2v) is 11.1. The molecule has 1 aromatic rings. The van der Waals surface area contributed by atoms with E-state index in [0.29, 0.717) is 0 Å². The van der Waals surface area contributed by atoms with Gasteiger partial charge in [0.25, 0.3) is 0 Å². The molecule has 0 saturated carbocycles. The van der Waals surface area contributed by atoms with Crippen LogP contribution in [0.2, 0.25) is 18.1 Å². The Bertz CT molecular complexity index is 432. The molecule has 0 aromatic carbocycles. The molecule has 0 amide bonds. The number of rotatable bonds is 5. The van der Waals surface area contributed by atoms with E-state index in [9.17, 15) is 4.79 Å². The maximum Gasteiger partial charge on any atom is 0.248 e. The zero-order valence-electron chi connectivity index (χ0n) is 12.2. The molecule has 0 atom stereocenters. The number of H-pyrrole nitrogens is 1. The Balaban J connectivity index is 2.38. The lowest BCUT2D eigenvalue weighted by atomic mass is 10.2. The van der Waals surface area contributed by atoms with Gasteiger partial charge in [0.05, 0.1) is 0 Å². The van der Waals surface area contributed by atoms with Gasteiger partial charge in [0.2, 0.25) is 5.56 Å². The average Bonchev–Trinajstić information content (AvgIpc) is 2.23. The van der Waals surface area contributed by atoms with E-state index in [1.165, 1.54) is 6.07 Å². The van der Waals surface area contributed by atoms with Crippen molar-refractivity contribution in [2.45, 2.75) is 51.7 Å². The maximum absolute atomic E-state index is 11.1. The first-order chi connectivity index (χ1) is 8.22. The molecule has 0 aliphatic carbocycles. The first-order valence-electron chi connectivity index (χ1n) is 6.54. The van der Waals surface area contributed by atoms with Crippen molar-refractivity contribution < 1.29 is 4.43 Å². The summed E-state index contributed by atoms with van der Waals surface area (Å²) in [7, 11) is -1.63. The third kappa shape index (κ3) is 4.42. The molecular formula is C14H25NO2Si. The van der Waals surface area contributed by atoms with E-state index in [-0.39, 0.29) is 10.6 Å². The van der Waals surface area contributed by atoms with Gasteiger partial charge in [0.1, 0.15) is 0 Å². The molecule has 0 unspecified atom stereocenters. The number of hydrogen-bond donors (Lipinski definition) is 1. The monoisotopic (exact) mass is 267 g/mol. The summed E-state index contributed by atoms with van der Waals surface area (Å²) in [4.78, 5) is 14.0. The van der Waals surface area contributed by atoms with Crippen LogP contribution in [0.4, 0.5) is 0 Å². The van der Waals surface area contributed by atoms with Gasteiger partial charge in [-0.25, -0.2) is 0 Å². The standard InChI is InChI=1S/C14H25NO2Si/c1-14(2,3)18(4,5)17-11-7-9-12-8-6-10-13(16)15-12/h6,8,10H,7,9,11H2,1-5H3,(H,15,16). The Hall–Kier alpha value is -0.873. The molecule has 18 heavy (non-hydrogen) atoms. The molecule has 102 valence electrons. The van der Waals surface area contributed by atoms with Crippen molar-refractivity contribution in [2.24, 2.45) is 0 Å². The van der Waals surface area contributed by atoms with Crippen molar-refractivity contribution in [3.8, 4) is 0 Å². The third-order valence-corrected chi connectivity index (χ3v) is 8.23. The number of hydrogen-bond acceptors (Lipinski definition) is 2. The fourth-order valence-corrected chi connectivity index (χ4v) is 2.53. The molecule has 0 aliphatic rings. The van der Waals surface area contributed by atoms with Crippen molar-refractivity contribution in [3.05, 3.63) is 34.2 Å². The van der Waals surface area contributed by atoms with Crippen LogP contribution in [-0.4, -0.2) is 19.9 Å². The van der Waals surface area contributed by atoms with E-state index in [1.807, 2.05) is 6.07 Å². The van der Waals surface area contributed by atoms with Crippen LogP contribution in [0.15, 0.2) is 23.0 Å². The van der Waals surface area contributed by atoms with Crippen molar-refractivity contribution in [3.63, 3.8) is 0 Å². The SMILES string of the molecule is CC(C)(C)[Si](C)(C)OCCCc1cccc(=O)[nH]1. The summed E-state index contributed by atoms with van der Waals surface area (Å²) in [6.07, 6.45) is 1.82. The van der Waals surface area contributed by atoms with Crippen LogP contribution >= 0.6 is 0 Å². The van der Waals surface area contributed by atoms with E-state index in [1.54, 1.807) is 6.07 Å². The maximum atomic E-state index is 11.1. The fraction of sp³-hybridized carbons (Fsp3) is 0.643. The minimum absolute atomic E-state index is 0.0298. The van der Waals surface area contributed by atoms with Gasteiger partial charge in [-0.3, -0.25) is 4.79 Å². The van der Waals surface area contributed by atoms with Crippen LogP contribution in [0, 0.1) is 0 Å². The number of nitrogens with one attached hydrogen (secondary N) is 1. The second-order valence-electron chi connectivity index (χ2n) is 6.25. The average molecular weight is 267 g/mol. The number of aromatic amines is 1. The number of aromatic nitrogens is 1. The van der Waals surface area contributed by atoms with Crippen molar-refractivity contribution in [2.75, 3.05) is 6.61 Å². The molecule has 0 aliphatic heterocycles. The van der Waals surface area contributed by atoms with Gasteiger partial charge in [0.15, 0.2) is 8.32 Å². The summed E-state index contributed by atoms with van der Waals surface area (Å²) in [5.74, 6) is 0. The second kappa shape index (κ2) is 5.84. The summed E-state index contributed by atoms with van der Waals surface area (Å²) in [5.41, 5.74) is 0.958. The minimum atomic E-state index is -1.63. The van der Waals surface area contributed by atoms with E-state index < -0.39 is 8.32 Å². The highest BCUT2D eigenvalue weighted by Crippen LogP contribution is 2.36. The molecule has 1 N–H and O–H groups in total. The Kier molecular flexibility index (Phi) is 4.93. The van der Waals surface area contributed by atoms with Crippen LogP contribution in [0.25, 0.3) is 0 Å². The summed E-state index contributed by atoms with van der Waals surface area (Å²) in [5, 5.41) is 0.258. The van der Waals surface area contributed by atoms with E-state index in [4.69, 9.17) is 4.43 Å². The summed E-state index contributed by atoms with van der Waals surface area (Å²) in [6, 6.07) is 5.28. The van der Waals surface area contributed by atoms with E-state index >= 15 is 0 Å². The molecule has 1 heterocycles. The largest absolute Gasteiger partial charge is 0.417 e. The lowest BCUT2D eigenvalue weighted by Gasteiger charge is -2.36. The van der Waals surface area contributed by atoms with Gasteiger partial charge >= 0.3 is 0 Å². The molecule has 0 fully saturated rings. The molecule has 1 rings (SSSR count). The highest BCUT2D eigenvalue weighted by Gasteiger charge is 2.36. The zero-order chi connectivity index (χ0) is 13.8. The summed E-state index contributed by atoms with van der Waals surface area (Å²) < 4.78 is 6.09. The lowest BCUT2D eigenvalue weighted by molar-refractivity contribution is 0.282. The zero-order valence-corrected chi connectivity index (χ0v) is 13.2. The Morgan fingerprint density at radius 1 is 1.28 bits per heavy atom. The minimum Gasteiger partial charge on any atom is -0.417 e. The van der Waals surface area contributed by atoms with Gasteiger partial charge in [0, 0.05) is 18.4 Å². The number of aryl methyl sites for hydroxylation is 1. The van der Waals surface area contributed by atoms with Gasteiger partial charge in [-0.2, -0.15) is 0 Å². The van der Waals surface area contributed by atoms with Crippen LogP contribution < -0.4 is 5.56 Å². The van der Waals surface area contributed by atoms with Crippen LogP contribution in [0.3, 0.4) is 0 Å². The highest BCUT2D eigenvalue weighted by atomic mass is 28.4. The van der Waals surface area contributed by atoms with Gasteiger partial charge in [-0.15, -0.1) is 0 Å². The smallest absolute Gasteiger partial charge is 0.248 e. The summed E-state index contributed by atoms with van der Waals surface area (Å²) in [6.45, 7) is 12.0. The Morgan fingerprint density at radius 2 is 1.94 bits per heavy atom. The summed E-state index contributed by atoms with van der Waals surface area (Å²) >= 11 is 0. The van der Waals surface area contributed by atoms with Crippen molar-refractivity contribution >= 4 is 8.32 Å². The Morgan fingerprint density at radius 3 is 2.50 bits per heavy atom. The van der Waals surface area contributed by atoms with Crippen LogP contribution in [-0.2, 0) is 10.8 Å². The van der Waals surface area contributed by atoms with E-state index in [0.717, 1.165) is 25.1 Å². The predicted molar refractivity (Wildman–Crippen MR) is 78.5 cm³/mol. The lowest BCUT2D eigenvalue weighted by Crippen LogP contribution is -2.41. The van der Waals surface area contributed by atoms with Gasteiger partial charge in [-0.1, -0.05) is 26.8 Å². The molecule has 3 nitrogen and oxygen atoms in total. The topological polar surface area (TPSA) is 42.1 Å². The molecule has 1 aromatic heterocycles.